The highest BCUT2D eigenvalue weighted by Crippen LogP contribution is 2.61. The summed E-state index contributed by atoms with van der Waals surface area (Å²) in [6.45, 7) is 0. The van der Waals surface area contributed by atoms with Gasteiger partial charge in [-0.3, -0.25) is 4.79 Å². The molecule has 4 bridgehead atoms. The Morgan fingerprint density at radius 1 is 1.03 bits per heavy atom. The monoisotopic (exact) mass is 447 g/mol. The molecule has 2 aromatic carbocycles. The average molecular weight is 448 g/mol. The van der Waals surface area contributed by atoms with Crippen molar-refractivity contribution in [3.05, 3.63) is 71.0 Å². The molecule has 4 aliphatic carbocycles. The first-order valence-electron chi connectivity index (χ1n) is 11.4. The van der Waals surface area contributed by atoms with Crippen LogP contribution in [0.15, 0.2) is 54.7 Å². The Bertz CT molecular complexity index is 1150. The van der Waals surface area contributed by atoms with Crippen LogP contribution in [0.1, 0.15) is 54.6 Å². The zero-order valence-electron chi connectivity index (χ0n) is 17.8. The fourth-order valence-corrected chi connectivity index (χ4v) is 7.02. The van der Waals surface area contributed by atoms with E-state index in [0.717, 1.165) is 48.4 Å². The summed E-state index contributed by atoms with van der Waals surface area (Å²) in [4.78, 5) is 13.5. The predicted octanol–water partition coefficient (Wildman–Crippen LogP) is 5.95. The summed E-state index contributed by atoms with van der Waals surface area (Å²) in [5.41, 5.74) is 2.72. The normalized spacial score (nSPS) is 28.1. The van der Waals surface area contributed by atoms with Crippen LogP contribution in [-0.4, -0.2) is 20.8 Å². The first-order valence-corrected chi connectivity index (χ1v) is 11.8. The molecule has 0 aliphatic heterocycles. The van der Waals surface area contributed by atoms with Gasteiger partial charge in [-0.1, -0.05) is 29.8 Å². The van der Waals surface area contributed by atoms with Crippen LogP contribution in [0.2, 0.25) is 5.02 Å². The van der Waals surface area contributed by atoms with E-state index in [-0.39, 0.29) is 17.1 Å². The molecule has 3 aromatic rings. The van der Waals surface area contributed by atoms with Gasteiger partial charge in [0, 0.05) is 16.6 Å². The molecule has 4 fully saturated rings. The van der Waals surface area contributed by atoms with Gasteiger partial charge in [-0.15, -0.1) is 0 Å². The average Bonchev–Trinajstić information content (AvgIpc) is 3.23. The SMILES string of the molecule is O=C(Nc1cc(Cl)ccc1O)c1cn(-c2ccccc2)nc1C12CC3CC(CC(C3)C1)C2. The molecule has 1 aromatic heterocycles. The standard InChI is InChI=1S/C26H26ClN3O2/c27-19-6-7-23(31)22(11-19)28-25(32)21-15-30(20-4-2-1-3-5-20)29-24(21)26-12-16-8-17(13-26)10-18(9-16)14-26/h1-7,11,15-18,31H,8-10,12-14H2,(H,28,32). The van der Waals surface area contributed by atoms with Crippen molar-refractivity contribution in [3.8, 4) is 11.4 Å². The number of para-hydroxylation sites is 1. The lowest BCUT2D eigenvalue weighted by atomic mass is 9.48. The summed E-state index contributed by atoms with van der Waals surface area (Å²) in [6, 6.07) is 14.6. The lowest BCUT2D eigenvalue weighted by Crippen LogP contribution is -2.49. The minimum absolute atomic E-state index is 0.00504. The second kappa shape index (κ2) is 7.38. The number of nitrogens with one attached hydrogen (secondary N) is 1. The third-order valence-corrected chi connectivity index (χ3v) is 7.96. The molecule has 0 radical (unpaired) electrons. The Balaban J connectivity index is 1.43. The van der Waals surface area contributed by atoms with Gasteiger partial charge >= 0.3 is 0 Å². The van der Waals surface area contributed by atoms with E-state index in [1.54, 1.807) is 12.1 Å². The van der Waals surface area contributed by atoms with E-state index < -0.39 is 0 Å². The van der Waals surface area contributed by atoms with Crippen LogP contribution < -0.4 is 5.32 Å². The van der Waals surface area contributed by atoms with Gasteiger partial charge in [0.1, 0.15) is 5.75 Å². The number of carbonyl (C=O) groups excluding carboxylic acids is 1. The molecule has 2 N–H and O–H groups in total. The van der Waals surface area contributed by atoms with Crippen LogP contribution >= 0.6 is 11.6 Å². The lowest BCUT2D eigenvalue weighted by Gasteiger charge is -2.56. The maximum atomic E-state index is 13.5. The summed E-state index contributed by atoms with van der Waals surface area (Å²) >= 11 is 6.09. The minimum atomic E-state index is -0.254. The number of halogens is 1. The van der Waals surface area contributed by atoms with Crippen molar-refractivity contribution in [1.82, 2.24) is 9.78 Å². The number of phenolic OH excluding ortho intramolecular Hbond substituents is 1. The molecule has 0 unspecified atom stereocenters. The van der Waals surface area contributed by atoms with Crippen LogP contribution in [-0.2, 0) is 5.41 Å². The van der Waals surface area contributed by atoms with Crippen molar-refractivity contribution in [2.24, 2.45) is 17.8 Å². The first kappa shape index (κ1) is 19.9. The van der Waals surface area contributed by atoms with E-state index in [2.05, 4.69) is 5.32 Å². The molecule has 4 aliphatic rings. The number of anilines is 1. The maximum Gasteiger partial charge on any atom is 0.259 e. The van der Waals surface area contributed by atoms with Crippen LogP contribution in [0.5, 0.6) is 5.75 Å². The van der Waals surface area contributed by atoms with Crippen LogP contribution in [0.25, 0.3) is 5.69 Å². The number of rotatable bonds is 4. The smallest absolute Gasteiger partial charge is 0.259 e. The molecule has 1 heterocycles. The van der Waals surface area contributed by atoms with Gasteiger partial charge in [0.05, 0.1) is 22.6 Å². The molecular weight excluding hydrogens is 422 g/mol. The molecule has 32 heavy (non-hydrogen) atoms. The Labute approximate surface area is 192 Å². The first-order chi connectivity index (χ1) is 15.5. The van der Waals surface area contributed by atoms with Crippen molar-refractivity contribution < 1.29 is 9.90 Å². The van der Waals surface area contributed by atoms with Gasteiger partial charge in [0.15, 0.2) is 0 Å². The zero-order chi connectivity index (χ0) is 21.9. The third-order valence-electron chi connectivity index (χ3n) is 7.73. The Kier molecular flexibility index (Phi) is 4.58. The molecule has 6 heteroatoms. The quantitative estimate of drug-likeness (QED) is 0.485. The Morgan fingerprint density at radius 2 is 1.69 bits per heavy atom. The van der Waals surface area contributed by atoms with Crippen molar-refractivity contribution in [1.29, 1.82) is 0 Å². The molecule has 7 rings (SSSR count). The number of phenols is 1. The number of aromatic nitrogens is 2. The largest absolute Gasteiger partial charge is 0.506 e. The van der Waals surface area contributed by atoms with E-state index in [0.29, 0.717) is 16.3 Å². The van der Waals surface area contributed by atoms with E-state index >= 15 is 0 Å². The topological polar surface area (TPSA) is 67.2 Å². The highest BCUT2D eigenvalue weighted by atomic mass is 35.5. The van der Waals surface area contributed by atoms with Gasteiger partial charge in [0.25, 0.3) is 5.91 Å². The lowest BCUT2D eigenvalue weighted by molar-refractivity contribution is -0.00765. The van der Waals surface area contributed by atoms with E-state index in [1.807, 2.05) is 41.2 Å². The molecule has 164 valence electrons. The fraction of sp³-hybridized carbons (Fsp3) is 0.385. The van der Waals surface area contributed by atoms with Gasteiger partial charge in [-0.25, -0.2) is 4.68 Å². The van der Waals surface area contributed by atoms with Gasteiger partial charge in [-0.2, -0.15) is 5.10 Å². The molecule has 0 saturated heterocycles. The van der Waals surface area contributed by atoms with Gasteiger partial charge < -0.3 is 10.4 Å². The number of nitrogens with zero attached hydrogens (tertiary/aromatic N) is 2. The summed E-state index contributed by atoms with van der Waals surface area (Å²) in [7, 11) is 0. The van der Waals surface area contributed by atoms with Crippen molar-refractivity contribution in [3.63, 3.8) is 0 Å². The second-order valence-electron chi connectivity index (χ2n) is 9.98. The zero-order valence-corrected chi connectivity index (χ0v) is 18.6. The fourth-order valence-electron chi connectivity index (χ4n) is 6.84. The highest BCUT2D eigenvalue weighted by molar-refractivity contribution is 6.31. The van der Waals surface area contributed by atoms with Crippen LogP contribution in [0.3, 0.4) is 0 Å². The molecule has 4 saturated carbocycles. The number of hydrogen-bond acceptors (Lipinski definition) is 3. The second-order valence-corrected chi connectivity index (χ2v) is 10.4. The van der Waals surface area contributed by atoms with Crippen molar-refractivity contribution in [2.75, 3.05) is 5.32 Å². The number of carbonyl (C=O) groups is 1. The van der Waals surface area contributed by atoms with Gasteiger partial charge in [0.2, 0.25) is 0 Å². The van der Waals surface area contributed by atoms with E-state index in [1.165, 1.54) is 25.3 Å². The van der Waals surface area contributed by atoms with E-state index in [9.17, 15) is 9.90 Å². The van der Waals surface area contributed by atoms with E-state index in [4.69, 9.17) is 16.7 Å². The summed E-state index contributed by atoms with van der Waals surface area (Å²) in [5.74, 6) is 1.98. The number of amides is 1. The summed E-state index contributed by atoms with van der Waals surface area (Å²) in [5, 5.41) is 18.6. The minimum Gasteiger partial charge on any atom is -0.506 e. The molecule has 1 amide bonds. The molecule has 5 nitrogen and oxygen atoms in total. The molecule has 0 atom stereocenters. The number of hydrogen-bond donors (Lipinski definition) is 2. The predicted molar refractivity (Wildman–Crippen MR) is 124 cm³/mol. The van der Waals surface area contributed by atoms with Crippen molar-refractivity contribution in [2.45, 2.75) is 43.9 Å². The Hall–Kier alpha value is -2.79. The van der Waals surface area contributed by atoms with Crippen LogP contribution in [0, 0.1) is 17.8 Å². The Morgan fingerprint density at radius 3 is 2.34 bits per heavy atom. The maximum absolute atomic E-state index is 13.5. The van der Waals surface area contributed by atoms with Gasteiger partial charge in [-0.05, 0) is 86.6 Å². The highest BCUT2D eigenvalue weighted by Gasteiger charge is 2.53. The molecular formula is C26H26ClN3O2. The van der Waals surface area contributed by atoms with Crippen molar-refractivity contribution >= 4 is 23.2 Å². The molecule has 0 spiro atoms. The number of aromatic hydroxyl groups is 1. The summed E-state index contributed by atoms with van der Waals surface area (Å²) in [6.07, 6.45) is 9.19. The number of benzene rings is 2. The third kappa shape index (κ3) is 3.30. The van der Waals surface area contributed by atoms with Crippen LogP contribution in [0.4, 0.5) is 5.69 Å². The summed E-state index contributed by atoms with van der Waals surface area (Å²) < 4.78 is 1.83.